The topological polar surface area (TPSA) is 118 Å². The van der Waals surface area contributed by atoms with Gasteiger partial charge < -0.3 is 30.5 Å². The van der Waals surface area contributed by atoms with E-state index in [-0.39, 0.29) is 32.6 Å². The van der Waals surface area contributed by atoms with Crippen LogP contribution in [0.2, 0.25) is 0 Å². The first kappa shape index (κ1) is 34.2. The van der Waals surface area contributed by atoms with E-state index >= 15 is 0 Å². The Labute approximate surface area is 224 Å². The van der Waals surface area contributed by atoms with Crippen LogP contribution >= 0.6 is 0 Å². The molecule has 0 atom stereocenters. The van der Waals surface area contributed by atoms with Crippen molar-refractivity contribution in [3.05, 3.63) is 41.6 Å². The zero-order valence-corrected chi connectivity index (χ0v) is 22.6. The van der Waals surface area contributed by atoms with Gasteiger partial charge in [0.2, 0.25) is 0 Å². The largest absolute Gasteiger partial charge is 0.412 e. The first-order valence-corrected chi connectivity index (χ1v) is 12.0. The van der Waals surface area contributed by atoms with Crippen molar-refractivity contribution in [3.8, 4) is 11.8 Å². The molecule has 10 heteroatoms. The van der Waals surface area contributed by atoms with E-state index in [2.05, 4.69) is 51.7 Å². The molecular formula is C27H50N6O4. The van der Waals surface area contributed by atoms with Crippen molar-refractivity contribution in [1.82, 2.24) is 24.9 Å². The van der Waals surface area contributed by atoms with E-state index < -0.39 is 0 Å². The lowest BCUT2D eigenvalue weighted by atomic mass is 10.1. The number of hydrogen-bond acceptors (Lipinski definition) is 6. The fraction of sp³-hybridized carbons (Fsp3) is 0.593. The van der Waals surface area contributed by atoms with E-state index in [1.165, 1.54) is 12.1 Å². The molecule has 1 amide bonds. The molecule has 5 N–H and O–H groups in total. The van der Waals surface area contributed by atoms with Gasteiger partial charge in [0.15, 0.2) is 11.5 Å². The molecule has 0 aliphatic carbocycles. The molecule has 10 nitrogen and oxygen atoms in total. The van der Waals surface area contributed by atoms with Crippen molar-refractivity contribution in [2.75, 3.05) is 59.2 Å². The van der Waals surface area contributed by atoms with Gasteiger partial charge in [-0.25, -0.2) is 0 Å². The Bertz CT molecular complexity index is 940. The van der Waals surface area contributed by atoms with E-state index in [0.29, 0.717) is 31.3 Å². The van der Waals surface area contributed by atoms with Crippen LogP contribution in [0.4, 0.5) is 5.82 Å². The highest BCUT2D eigenvalue weighted by Crippen LogP contribution is 2.20. The van der Waals surface area contributed by atoms with Crippen LogP contribution in [0.15, 0.2) is 30.3 Å². The molecule has 1 aromatic heterocycles. The predicted molar refractivity (Wildman–Crippen MR) is 153 cm³/mol. The molecule has 0 bridgehead atoms. The molecule has 37 heavy (non-hydrogen) atoms. The van der Waals surface area contributed by atoms with Crippen LogP contribution in [0.1, 0.15) is 52.6 Å². The van der Waals surface area contributed by atoms with E-state index in [1.54, 1.807) is 23.6 Å². The van der Waals surface area contributed by atoms with Gasteiger partial charge >= 0.3 is 0 Å². The van der Waals surface area contributed by atoms with Gasteiger partial charge in [-0.15, -0.1) is 5.92 Å². The summed E-state index contributed by atoms with van der Waals surface area (Å²) in [5, 5.41) is 9.34. The fourth-order valence-electron chi connectivity index (χ4n) is 3.13. The number of benzene rings is 1. The van der Waals surface area contributed by atoms with Crippen LogP contribution in [0, 0.1) is 11.8 Å². The SMILES string of the molecule is C.CC#CCn1[nH]c2c1C(=O)N(CCc1ccccc1)COCN2.CN1CCNC1.COC(C)(C)C.O.[HH]. The summed E-state index contributed by atoms with van der Waals surface area (Å²) in [6.45, 7) is 13.0. The number of anilines is 1. The maximum absolute atomic E-state index is 12.8. The normalized spacial score (nSPS) is 15.0. The zero-order chi connectivity index (χ0) is 25.7. The molecule has 2 aliphatic heterocycles. The minimum Gasteiger partial charge on any atom is -0.412 e. The number of H-pyrrole nitrogens is 1. The highest BCUT2D eigenvalue weighted by atomic mass is 16.5. The van der Waals surface area contributed by atoms with Crippen LogP contribution in [0.5, 0.6) is 0 Å². The lowest BCUT2D eigenvalue weighted by Crippen LogP contribution is -2.42. The molecule has 4 rings (SSSR count). The quantitative estimate of drug-likeness (QED) is 0.532. The molecular weight excluding hydrogens is 472 g/mol. The molecule has 2 aliphatic rings. The summed E-state index contributed by atoms with van der Waals surface area (Å²) in [7, 11) is 3.82. The lowest BCUT2D eigenvalue weighted by Gasteiger charge is -2.30. The third-order valence-corrected chi connectivity index (χ3v) is 5.43. The van der Waals surface area contributed by atoms with Crippen LogP contribution in [-0.4, -0.2) is 90.5 Å². The Morgan fingerprint density at radius 2 is 1.89 bits per heavy atom. The summed E-state index contributed by atoms with van der Waals surface area (Å²) < 4.78 is 12.2. The summed E-state index contributed by atoms with van der Waals surface area (Å²) in [4.78, 5) is 16.8. The van der Waals surface area contributed by atoms with Gasteiger partial charge in [-0.05, 0) is 46.7 Å². The molecule has 1 saturated heterocycles. The molecule has 0 radical (unpaired) electrons. The number of aromatic nitrogens is 2. The Kier molecular flexibility index (Phi) is 16.3. The third kappa shape index (κ3) is 12.3. The standard InChI is InChI=1S/C17H20N4O2.C5H12O.C4H10N2.CH4.H2O.H2/c1-2-3-10-21-15-16(19-21)18-12-23-13-20(17(15)22)11-9-14-7-5-4-6-8-14;1-5(2,3)6-4;1-6-3-2-5-4-6;;;/h4-8,18-19H,9-13H2,1H3;1-4H3;5H,2-4H2,1H3;1H4;1H2;1H. The van der Waals surface area contributed by atoms with Gasteiger partial charge in [0.05, 0.1) is 5.60 Å². The second-order valence-corrected chi connectivity index (χ2v) is 9.36. The number of methoxy groups -OCH3 is 1. The van der Waals surface area contributed by atoms with Gasteiger partial charge in [0.25, 0.3) is 5.91 Å². The van der Waals surface area contributed by atoms with Crippen molar-refractivity contribution >= 4 is 11.7 Å². The maximum Gasteiger partial charge on any atom is 0.277 e. The Morgan fingerprint density at radius 3 is 2.41 bits per heavy atom. The van der Waals surface area contributed by atoms with Crippen LogP contribution in [0.25, 0.3) is 0 Å². The second kappa shape index (κ2) is 17.6. The van der Waals surface area contributed by atoms with Crippen molar-refractivity contribution in [1.29, 1.82) is 0 Å². The maximum atomic E-state index is 12.8. The number of fused-ring (bicyclic) bond motifs is 1. The molecule has 3 heterocycles. The number of likely N-dealkylation sites (N-methyl/N-ethyl adjacent to an activating group) is 1. The fourth-order valence-corrected chi connectivity index (χ4v) is 3.13. The van der Waals surface area contributed by atoms with E-state index in [4.69, 9.17) is 9.47 Å². The smallest absolute Gasteiger partial charge is 0.277 e. The summed E-state index contributed by atoms with van der Waals surface area (Å²) >= 11 is 0. The molecule has 212 valence electrons. The second-order valence-electron chi connectivity index (χ2n) is 9.36. The number of carbonyl (C=O) groups excluding carboxylic acids is 1. The van der Waals surface area contributed by atoms with E-state index in [1.807, 2.05) is 39.0 Å². The van der Waals surface area contributed by atoms with Crippen molar-refractivity contribution in [2.24, 2.45) is 0 Å². The minimum atomic E-state index is -0.0419. The van der Waals surface area contributed by atoms with Crippen LogP contribution in [0.3, 0.4) is 0 Å². The molecule has 1 aromatic carbocycles. The number of carbonyl (C=O) groups is 1. The van der Waals surface area contributed by atoms with Gasteiger partial charge in [0, 0.05) is 34.8 Å². The number of aromatic amines is 1. The number of rotatable bonds is 4. The average molecular weight is 523 g/mol. The Hall–Kier alpha value is -2.81. The number of nitrogens with zero attached hydrogens (tertiary/aromatic N) is 3. The highest BCUT2D eigenvalue weighted by molar-refractivity contribution is 5.98. The summed E-state index contributed by atoms with van der Waals surface area (Å²) in [6, 6.07) is 10.1. The number of amides is 1. The molecule has 0 unspecified atom stereocenters. The Balaban J connectivity index is 0. The number of hydrogen-bond donors (Lipinski definition) is 3. The number of nitrogens with one attached hydrogen (secondary N) is 3. The average Bonchev–Trinajstić information content (AvgIpc) is 3.30. The van der Waals surface area contributed by atoms with Gasteiger partial charge in [-0.2, -0.15) is 0 Å². The molecule has 0 saturated carbocycles. The molecule has 1 fully saturated rings. The first-order valence-electron chi connectivity index (χ1n) is 12.0. The predicted octanol–water partition coefficient (Wildman–Crippen LogP) is 2.85. The van der Waals surface area contributed by atoms with Crippen molar-refractivity contribution in [3.63, 3.8) is 0 Å². The Morgan fingerprint density at radius 1 is 1.22 bits per heavy atom. The van der Waals surface area contributed by atoms with Gasteiger partial charge in [-0.3, -0.25) is 19.5 Å². The molecule has 0 spiro atoms. The lowest BCUT2D eigenvalue weighted by molar-refractivity contribution is 0.0260. The van der Waals surface area contributed by atoms with E-state index in [0.717, 1.165) is 19.6 Å². The van der Waals surface area contributed by atoms with Crippen molar-refractivity contribution < 1.29 is 21.2 Å². The molecule has 2 aromatic rings. The minimum absolute atomic E-state index is 0. The zero-order valence-electron chi connectivity index (χ0n) is 22.6. The summed E-state index contributed by atoms with van der Waals surface area (Å²) in [5.74, 6) is 6.46. The first-order chi connectivity index (χ1) is 16.7. The summed E-state index contributed by atoms with van der Waals surface area (Å²) in [6.07, 6.45) is 0.800. The monoisotopic (exact) mass is 522 g/mol. The summed E-state index contributed by atoms with van der Waals surface area (Å²) in [5.41, 5.74) is 1.87. The van der Waals surface area contributed by atoms with Crippen molar-refractivity contribution in [2.45, 2.75) is 53.7 Å². The van der Waals surface area contributed by atoms with Crippen LogP contribution in [-0.2, 0) is 22.4 Å². The third-order valence-electron chi connectivity index (χ3n) is 5.43. The highest BCUT2D eigenvalue weighted by Gasteiger charge is 2.27. The number of ether oxygens (including phenoxy) is 2. The van der Waals surface area contributed by atoms with Gasteiger partial charge in [-0.1, -0.05) is 43.7 Å². The van der Waals surface area contributed by atoms with Crippen LogP contribution < -0.4 is 10.6 Å². The van der Waals surface area contributed by atoms with E-state index in [9.17, 15) is 4.79 Å². The van der Waals surface area contributed by atoms with Gasteiger partial charge in [0.1, 0.15) is 20.0 Å².